The number of anilines is 1. The molecule has 11 heteroatoms. The second kappa shape index (κ2) is 8.04. The van der Waals surface area contributed by atoms with E-state index in [1.807, 2.05) is 13.0 Å². The molecule has 0 bridgehead atoms. The van der Waals surface area contributed by atoms with E-state index in [2.05, 4.69) is 20.5 Å². The fourth-order valence-corrected chi connectivity index (χ4v) is 3.90. The summed E-state index contributed by atoms with van der Waals surface area (Å²) < 4.78 is 10.7. The maximum Gasteiger partial charge on any atom is 0.263 e. The van der Waals surface area contributed by atoms with Crippen LogP contribution in [0.5, 0.6) is 5.75 Å². The van der Waals surface area contributed by atoms with Gasteiger partial charge in [0.25, 0.3) is 11.8 Å². The largest absolute Gasteiger partial charge is 0.494 e. The SMILES string of the molecule is CCOc1ccc(N2C(=O)[C@@H]3N=NN(Cc4nc(-c5ccccc5Cl)no4)[C@H]3C2=O)cc1. The van der Waals surface area contributed by atoms with Crippen LogP contribution in [0.25, 0.3) is 11.4 Å². The third-order valence-corrected chi connectivity index (χ3v) is 5.47. The lowest BCUT2D eigenvalue weighted by Crippen LogP contribution is -2.39. The Morgan fingerprint density at radius 1 is 1.09 bits per heavy atom. The molecule has 2 aliphatic heterocycles. The summed E-state index contributed by atoms with van der Waals surface area (Å²) in [5.74, 6) is 0.350. The quantitative estimate of drug-likeness (QED) is 0.527. The summed E-state index contributed by atoms with van der Waals surface area (Å²) in [5.41, 5.74) is 1.07. The van der Waals surface area contributed by atoms with E-state index >= 15 is 0 Å². The Labute approximate surface area is 187 Å². The standard InChI is InChI=1S/C21H17ClN6O4/c1-2-31-13-9-7-12(8-10-13)28-20(29)17-18(21(28)30)27(26-24-17)11-16-23-19(25-32-16)14-5-3-4-6-15(14)22/h3-10,17-18H,2,11H2,1H3/t17-,18-/m1/s1. The van der Waals surface area contributed by atoms with Crippen LogP contribution in [0.3, 0.4) is 0 Å². The topological polar surface area (TPSA) is 113 Å². The van der Waals surface area contributed by atoms with Crippen molar-refractivity contribution < 1.29 is 18.8 Å². The van der Waals surface area contributed by atoms with E-state index in [9.17, 15) is 9.59 Å². The second-order valence-electron chi connectivity index (χ2n) is 7.12. The first-order chi connectivity index (χ1) is 15.6. The van der Waals surface area contributed by atoms with E-state index in [0.717, 1.165) is 4.90 Å². The molecule has 5 rings (SSSR count). The Kier molecular flexibility index (Phi) is 5.06. The number of carbonyl (C=O) groups is 2. The number of halogens is 1. The van der Waals surface area contributed by atoms with E-state index in [1.165, 1.54) is 5.01 Å². The number of amides is 2. The molecule has 3 heterocycles. The van der Waals surface area contributed by atoms with Gasteiger partial charge in [0.2, 0.25) is 11.7 Å². The molecular weight excluding hydrogens is 436 g/mol. The predicted octanol–water partition coefficient (Wildman–Crippen LogP) is 3.28. The van der Waals surface area contributed by atoms with Gasteiger partial charge in [0.1, 0.15) is 12.3 Å². The van der Waals surface area contributed by atoms with E-state index in [0.29, 0.717) is 34.5 Å². The van der Waals surface area contributed by atoms with E-state index in [4.69, 9.17) is 20.9 Å². The molecule has 0 spiro atoms. The Bertz CT molecular complexity index is 1210. The van der Waals surface area contributed by atoms with Gasteiger partial charge in [-0.15, -0.1) is 0 Å². The molecular formula is C21H17ClN6O4. The zero-order valence-electron chi connectivity index (χ0n) is 16.9. The monoisotopic (exact) mass is 452 g/mol. The summed E-state index contributed by atoms with van der Waals surface area (Å²) in [5, 5.41) is 13.8. The van der Waals surface area contributed by atoms with E-state index < -0.39 is 23.9 Å². The summed E-state index contributed by atoms with van der Waals surface area (Å²) >= 11 is 6.19. The van der Waals surface area contributed by atoms with Crippen molar-refractivity contribution in [3.63, 3.8) is 0 Å². The van der Waals surface area contributed by atoms with Gasteiger partial charge >= 0.3 is 0 Å². The van der Waals surface area contributed by atoms with Crippen LogP contribution in [0.15, 0.2) is 63.4 Å². The molecule has 10 nitrogen and oxygen atoms in total. The molecule has 1 fully saturated rings. The van der Waals surface area contributed by atoms with Gasteiger partial charge in [0.05, 0.1) is 17.3 Å². The van der Waals surface area contributed by atoms with Gasteiger partial charge in [-0.25, -0.2) is 4.90 Å². The minimum Gasteiger partial charge on any atom is -0.494 e. The first-order valence-corrected chi connectivity index (χ1v) is 10.3. The molecule has 1 saturated heterocycles. The van der Waals surface area contributed by atoms with Crippen LogP contribution < -0.4 is 9.64 Å². The fourth-order valence-electron chi connectivity index (χ4n) is 3.68. The molecule has 0 unspecified atom stereocenters. The highest BCUT2D eigenvalue weighted by molar-refractivity contribution is 6.33. The zero-order valence-corrected chi connectivity index (χ0v) is 17.6. The maximum absolute atomic E-state index is 13.1. The van der Waals surface area contributed by atoms with Crippen LogP contribution in [-0.4, -0.2) is 45.7 Å². The number of aromatic nitrogens is 2. The molecule has 162 valence electrons. The van der Waals surface area contributed by atoms with E-state index in [-0.39, 0.29) is 12.4 Å². The average Bonchev–Trinajstić information content (AvgIpc) is 3.48. The fraction of sp³-hybridized carbons (Fsp3) is 0.238. The summed E-state index contributed by atoms with van der Waals surface area (Å²) in [6.07, 6.45) is 0. The van der Waals surface area contributed by atoms with Crippen molar-refractivity contribution in [2.24, 2.45) is 10.3 Å². The van der Waals surface area contributed by atoms with Crippen LogP contribution >= 0.6 is 11.6 Å². The molecule has 2 aliphatic rings. The molecule has 0 radical (unpaired) electrons. The van der Waals surface area contributed by atoms with Crippen molar-refractivity contribution in [2.45, 2.75) is 25.6 Å². The van der Waals surface area contributed by atoms with Crippen molar-refractivity contribution in [3.8, 4) is 17.1 Å². The molecule has 2 aromatic carbocycles. The predicted molar refractivity (Wildman–Crippen MR) is 113 cm³/mol. The number of benzene rings is 2. The van der Waals surface area contributed by atoms with Crippen molar-refractivity contribution in [1.82, 2.24) is 15.1 Å². The zero-order chi connectivity index (χ0) is 22.2. The Hall–Kier alpha value is -3.79. The Balaban J connectivity index is 1.34. The highest BCUT2D eigenvalue weighted by Crippen LogP contribution is 2.33. The molecule has 0 aliphatic carbocycles. The summed E-state index contributed by atoms with van der Waals surface area (Å²) in [4.78, 5) is 31.4. The summed E-state index contributed by atoms with van der Waals surface area (Å²) in [6.45, 7) is 2.43. The number of ether oxygens (including phenoxy) is 1. The number of hydrogen-bond acceptors (Lipinski definition) is 9. The lowest BCUT2D eigenvalue weighted by atomic mass is 10.1. The second-order valence-corrected chi connectivity index (χ2v) is 7.53. The number of imide groups is 1. The van der Waals surface area contributed by atoms with Gasteiger partial charge < -0.3 is 9.26 Å². The van der Waals surface area contributed by atoms with Gasteiger partial charge in [-0.2, -0.15) is 10.1 Å². The number of hydrogen-bond donors (Lipinski definition) is 0. The summed E-state index contributed by atoms with van der Waals surface area (Å²) in [7, 11) is 0. The minimum absolute atomic E-state index is 0.0260. The van der Waals surface area contributed by atoms with Crippen molar-refractivity contribution in [1.29, 1.82) is 0 Å². The number of carbonyl (C=O) groups excluding carboxylic acids is 2. The maximum atomic E-state index is 13.1. The number of rotatable bonds is 6. The van der Waals surface area contributed by atoms with Crippen LogP contribution in [-0.2, 0) is 16.1 Å². The normalized spacial score (nSPS) is 19.7. The minimum atomic E-state index is -0.917. The van der Waals surface area contributed by atoms with Crippen molar-refractivity contribution >= 4 is 29.1 Å². The Morgan fingerprint density at radius 3 is 2.62 bits per heavy atom. The first kappa shape index (κ1) is 20.1. The third-order valence-electron chi connectivity index (χ3n) is 5.14. The van der Waals surface area contributed by atoms with Gasteiger partial charge in [-0.3, -0.25) is 14.6 Å². The molecule has 0 saturated carbocycles. The van der Waals surface area contributed by atoms with Crippen LogP contribution in [0.2, 0.25) is 5.02 Å². The van der Waals surface area contributed by atoms with Crippen LogP contribution in [0.1, 0.15) is 12.8 Å². The van der Waals surface area contributed by atoms with Gasteiger partial charge in [0.15, 0.2) is 12.1 Å². The van der Waals surface area contributed by atoms with Crippen molar-refractivity contribution in [2.75, 3.05) is 11.5 Å². The van der Waals surface area contributed by atoms with Crippen LogP contribution in [0, 0.1) is 0 Å². The highest BCUT2D eigenvalue weighted by atomic mass is 35.5. The lowest BCUT2D eigenvalue weighted by Gasteiger charge is -2.19. The Morgan fingerprint density at radius 2 is 1.88 bits per heavy atom. The molecule has 0 N–H and O–H groups in total. The summed E-state index contributed by atoms with van der Waals surface area (Å²) in [6, 6.07) is 12.1. The van der Waals surface area contributed by atoms with Gasteiger partial charge in [-0.05, 0) is 43.3 Å². The van der Waals surface area contributed by atoms with Gasteiger partial charge in [0, 0.05) is 5.56 Å². The van der Waals surface area contributed by atoms with E-state index in [1.54, 1.807) is 42.5 Å². The highest BCUT2D eigenvalue weighted by Gasteiger charge is 2.55. The average molecular weight is 453 g/mol. The number of fused-ring (bicyclic) bond motifs is 1. The lowest BCUT2D eigenvalue weighted by molar-refractivity contribution is -0.123. The molecule has 2 amide bonds. The molecule has 2 atom stereocenters. The first-order valence-electron chi connectivity index (χ1n) is 9.92. The molecule has 3 aromatic rings. The number of nitrogens with zero attached hydrogens (tertiary/aromatic N) is 6. The third kappa shape index (κ3) is 3.38. The molecule has 1 aromatic heterocycles. The van der Waals surface area contributed by atoms with Crippen molar-refractivity contribution in [3.05, 3.63) is 59.4 Å². The van der Waals surface area contributed by atoms with Gasteiger partial charge in [-0.1, -0.05) is 34.1 Å². The smallest absolute Gasteiger partial charge is 0.263 e. The molecule has 32 heavy (non-hydrogen) atoms. The van der Waals surface area contributed by atoms with Crippen LogP contribution in [0.4, 0.5) is 5.69 Å².